The Morgan fingerprint density at radius 2 is 2.33 bits per heavy atom. The van der Waals surface area contributed by atoms with Crippen LogP contribution in [-0.2, 0) is 4.79 Å². The van der Waals surface area contributed by atoms with Gasteiger partial charge >= 0.3 is 0 Å². The first-order valence-electron chi connectivity index (χ1n) is 5.14. The zero-order valence-corrected chi connectivity index (χ0v) is 9.50. The first-order valence-corrected chi connectivity index (χ1v) is 6.30. The fraction of sp³-hybridized carbons (Fsp3) is 0.800. The van der Waals surface area contributed by atoms with Crippen molar-refractivity contribution in [3.63, 3.8) is 0 Å². The van der Waals surface area contributed by atoms with Crippen LogP contribution in [0.3, 0.4) is 0 Å². The van der Waals surface area contributed by atoms with E-state index in [1.165, 1.54) is 18.2 Å². The molecule has 0 radical (unpaired) electrons. The van der Waals surface area contributed by atoms with Gasteiger partial charge in [-0.3, -0.25) is 4.79 Å². The van der Waals surface area contributed by atoms with E-state index in [0.717, 1.165) is 12.8 Å². The van der Waals surface area contributed by atoms with Crippen molar-refractivity contribution in [3.05, 3.63) is 0 Å². The normalized spacial score (nSPS) is 15.5. The molecule has 1 rings (SSSR count). The van der Waals surface area contributed by atoms with Crippen molar-refractivity contribution < 1.29 is 9.90 Å². The van der Waals surface area contributed by atoms with E-state index in [2.05, 4.69) is 0 Å². The number of hydrogen-bond donors (Lipinski definition) is 1. The largest absolute Gasteiger partial charge is 0.395 e. The fourth-order valence-corrected chi connectivity index (χ4v) is 2.12. The molecular weight excluding hydrogens is 212 g/mol. The molecule has 0 aliphatic heterocycles. The van der Waals surface area contributed by atoms with Crippen molar-refractivity contribution in [1.82, 2.24) is 4.90 Å². The lowest BCUT2D eigenvalue weighted by molar-refractivity contribution is -0.132. The highest BCUT2D eigenvalue weighted by atomic mass is 32.2. The van der Waals surface area contributed by atoms with Crippen LogP contribution >= 0.6 is 11.8 Å². The van der Waals surface area contributed by atoms with E-state index < -0.39 is 0 Å². The van der Waals surface area contributed by atoms with Gasteiger partial charge in [-0.15, -0.1) is 11.8 Å². The minimum Gasteiger partial charge on any atom is -0.395 e. The van der Waals surface area contributed by atoms with Gasteiger partial charge in [0.2, 0.25) is 5.91 Å². The molecule has 4 nitrogen and oxygen atoms in total. The summed E-state index contributed by atoms with van der Waals surface area (Å²) < 4.78 is 0. The zero-order chi connectivity index (χ0) is 11.1. The SMILES string of the molecule is N#CCSCC(=O)N(CCO)C1CCC1. The molecule has 15 heavy (non-hydrogen) atoms. The molecule has 84 valence electrons. The molecule has 0 aromatic carbocycles. The standard InChI is InChI=1S/C10H16N2O2S/c11-4-7-15-8-10(14)12(5-6-13)9-2-1-3-9/h9,13H,1-3,5-8H2. The number of nitriles is 1. The average Bonchev–Trinajstić information content (AvgIpc) is 2.14. The molecule has 0 spiro atoms. The van der Waals surface area contributed by atoms with Gasteiger partial charge in [0.1, 0.15) is 0 Å². The number of rotatable bonds is 6. The van der Waals surface area contributed by atoms with Gasteiger partial charge in [-0.1, -0.05) is 0 Å². The highest BCUT2D eigenvalue weighted by Gasteiger charge is 2.27. The van der Waals surface area contributed by atoms with Crippen molar-refractivity contribution in [1.29, 1.82) is 5.26 Å². The molecule has 0 saturated heterocycles. The second-order valence-electron chi connectivity index (χ2n) is 3.55. The van der Waals surface area contributed by atoms with Crippen molar-refractivity contribution in [2.75, 3.05) is 24.7 Å². The van der Waals surface area contributed by atoms with Crippen LogP contribution in [0.25, 0.3) is 0 Å². The number of amides is 1. The molecule has 1 aliphatic carbocycles. The Balaban J connectivity index is 2.33. The maximum atomic E-state index is 11.7. The zero-order valence-electron chi connectivity index (χ0n) is 8.69. The summed E-state index contributed by atoms with van der Waals surface area (Å²) in [5, 5.41) is 17.2. The Labute approximate surface area is 94.2 Å². The van der Waals surface area contributed by atoms with Crippen LogP contribution < -0.4 is 0 Å². The molecule has 0 heterocycles. The molecule has 0 atom stereocenters. The van der Waals surface area contributed by atoms with Gasteiger partial charge in [-0.2, -0.15) is 5.26 Å². The number of nitrogens with zero attached hydrogens (tertiary/aromatic N) is 2. The first-order chi connectivity index (χ1) is 7.29. The minimum absolute atomic E-state index is 0.0190. The monoisotopic (exact) mass is 228 g/mol. The summed E-state index contributed by atoms with van der Waals surface area (Å²) in [7, 11) is 0. The summed E-state index contributed by atoms with van der Waals surface area (Å²) in [6.45, 7) is 0.446. The Kier molecular flexibility index (Phi) is 5.51. The van der Waals surface area contributed by atoms with Crippen molar-refractivity contribution in [3.8, 4) is 6.07 Å². The van der Waals surface area contributed by atoms with Crippen LogP contribution in [-0.4, -0.2) is 46.6 Å². The second-order valence-corrected chi connectivity index (χ2v) is 4.53. The van der Waals surface area contributed by atoms with E-state index in [4.69, 9.17) is 10.4 Å². The second kappa shape index (κ2) is 6.70. The first kappa shape index (κ1) is 12.3. The highest BCUT2D eigenvalue weighted by Crippen LogP contribution is 2.25. The van der Waals surface area contributed by atoms with Crippen LogP contribution in [0.1, 0.15) is 19.3 Å². The lowest BCUT2D eigenvalue weighted by atomic mass is 9.91. The molecule has 0 unspecified atom stereocenters. The van der Waals surface area contributed by atoms with Gasteiger partial charge in [0.05, 0.1) is 24.2 Å². The number of thioether (sulfide) groups is 1. The van der Waals surface area contributed by atoms with E-state index in [9.17, 15) is 4.79 Å². The number of carbonyl (C=O) groups is 1. The molecule has 0 aromatic heterocycles. The predicted molar refractivity (Wildman–Crippen MR) is 59.4 cm³/mol. The summed E-state index contributed by atoms with van der Waals surface area (Å²) in [5.74, 6) is 0.752. The van der Waals surface area contributed by atoms with Crippen LogP contribution in [0.5, 0.6) is 0 Å². The fourth-order valence-electron chi connectivity index (χ4n) is 1.58. The minimum atomic E-state index is 0.0190. The average molecular weight is 228 g/mol. The van der Waals surface area contributed by atoms with Crippen molar-refractivity contribution in [2.24, 2.45) is 0 Å². The summed E-state index contributed by atoms with van der Waals surface area (Å²) in [6.07, 6.45) is 3.27. The van der Waals surface area contributed by atoms with Gasteiger partial charge in [-0.25, -0.2) is 0 Å². The van der Waals surface area contributed by atoms with Crippen molar-refractivity contribution >= 4 is 17.7 Å². The van der Waals surface area contributed by atoms with Gasteiger partial charge < -0.3 is 10.0 Å². The molecule has 1 N–H and O–H groups in total. The number of aliphatic hydroxyl groups is 1. The van der Waals surface area contributed by atoms with E-state index in [-0.39, 0.29) is 12.5 Å². The Hall–Kier alpha value is -0.730. The molecule has 1 fully saturated rings. The van der Waals surface area contributed by atoms with Crippen LogP contribution in [0, 0.1) is 11.3 Å². The molecule has 1 amide bonds. The quantitative estimate of drug-likeness (QED) is 0.677. The van der Waals surface area contributed by atoms with Crippen LogP contribution in [0.2, 0.25) is 0 Å². The molecule has 5 heteroatoms. The van der Waals surface area contributed by atoms with Gasteiger partial charge in [0.25, 0.3) is 0 Å². The molecule has 1 saturated carbocycles. The summed E-state index contributed by atoms with van der Waals surface area (Å²) in [6, 6.07) is 2.32. The third-order valence-electron chi connectivity index (χ3n) is 2.57. The Morgan fingerprint density at radius 3 is 2.80 bits per heavy atom. The van der Waals surface area contributed by atoms with E-state index in [0.29, 0.717) is 24.1 Å². The van der Waals surface area contributed by atoms with Gasteiger partial charge in [0.15, 0.2) is 0 Å². The summed E-state index contributed by atoms with van der Waals surface area (Å²) in [4.78, 5) is 13.5. The molecule has 0 aromatic rings. The van der Waals surface area contributed by atoms with Crippen LogP contribution in [0.4, 0.5) is 0 Å². The van der Waals surface area contributed by atoms with E-state index in [1.54, 1.807) is 4.90 Å². The van der Waals surface area contributed by atoms with Crippen molar-refractivity contribution in [2.45, 2.75) is 25.3 Å². The van der Waals surface area contributed by atoms with E-state index >= 15 is 0 Å². The van der Waals surface area contributed by atoms with Crippen LogP contribution in [0.15, 0.2) is 0 Å². The predicted octanol–water partition coefficient (Wildman–Crippen LogP) is 0.617. The third-order valence-corrected chi connectivity index (χ3v) is 3.35. The number of carbonyl (C=O) groups excluding carboxylic acids is 1. The highest BCUT2D eigenvalue weighted by molar-refractivity contribution is 8.00. The lowest BCUT2D eigenvalue weighted by Gasteiger charge is -2.37. The Bertz CT molecular complexity index is 248. The summed E-state index contributed by atoms with van der Waals surface area (Å²) in [5.41, 5.74) is 0. The molecular formula is C10H16N2O2S. The lowest BCUT2D eigenvalue weighted by Crippen LogP contribution is -2.46. The number of aliphatic hydroxyl groups excluding tert-OH is 1. The topological polar surface area (TPSA) is 64.3 Å². The molecule has 1 aliphatic rings. The van der Waals surface area contributed by atoms with E-state index in [1.807, 2.05) is 6.07 Å². The summed E-state index contributed by atoms with van der Waals surface area (Å²) >= 11 is 1.33. The maximum Gasteiger partial charge on any atom is 0.232 e. The molecule has 0 bridgehead atoms. The Morgan fingerprint density at radius 1 is 1.60 bits per heavy atom. The van der Waals surface area contributed by atoms with Gasteiger partial charge in [0, 0.05) is 12.6 Å². The van der Waals surface area contributed by atoms with Gasteiger partial charge in [-0.05, 0) is 19.3 Å². The maximum absolute atomic E-state index is 11.7. The number of hydrogen-bond acceptors (Lipinski definition) is 4. The smallest absolute Gasteiger partial charge is 0.232 e. The third kappa shape index (κ3) is 3.73.